The summed E-state index contributed by atoms with van der Waals surface area (Å²) >= 11 is 0. The molecule has 0 unspecified atom stereocenters. The summed E-state index contributed by atoms with van der Waals surface area (Å²) < 4.78 is 37.7. The SMILES string of the molecule is O=C(O)/C=C/c1cnc(N2CCC(C(F)(F)F)CC2)nc1. The van der Waals surface area contributed by atoms with Crippen molar-refractivity contribution in [2.24, 2.45) is 5.92 Å². The van der Waals surface area contributed by atoms with Crippen molar-refractivity contribution in [3.63, 3.8) is 0 Å². The molecule has 0 spiro atoms. The van der Waals surface area contributed by atoms with Crippen molar-refractivity contribution >= 4 is 18.0 Å². The largest absolute Gasteiger partial charge is 0.478 e. The Morgan fingerprint density at radius 2 is 1.86 bits per heavy atom. The van der Waals surface area contributed by atoms with Crippen molar-refractivity contribution in [3.8, 4) is 0 Å². The average Bonchev–Trinajstić information content (AvgIpc) is 2.45. The Kier molecular flexibility index (Phi) is 4.44. The predicted octanol–water partition coefficient (Wildman–Crippen LogP) is 2.35. The Balaban J connectivity index is 1.96. The Hall–Kier alpha value is -2.12. The van der Waals surface area contributed by atoms with Crippen LogP contribution < -0.4 is 4.90 Å². The second kappa shape index (κ2) is 6.11. The molecule has 1 fully saturated rings. The summed E-state index contributed by atoms with van der Waals surface area (Å²) in [6.45, 7) is 0.517. The molecule has 1 N–H and O–H groups in total. The number of aliphatic carboxylic acids is 1. The van der Waals surface area contributed by atoms with Gasteiger partial charge in [0.2, 0.25) is 5.95 Å². The molecule has 1 aliphatic heterocycles. The molecule has 1 saturated heterocycles. The van der Waals surface area contributed by atoms with Crippen molar-refractivity contribution in [3.05, 3.63) is 24.0 Å². The lowest BCUT2D eigenvalue weighted by Gasteiger charge is -2.32. The molecule has 114 valence electrons. The van der Waals surface area contributed by atoms with Crippen molar-refractivity contribution in [1.82, 2.24) is 9.97 Å². The zero-order valence-corrected chi connectivity index (χ0v) is 11.0. The van der Waals surface area contributed by atoms with Crippen LogP contribution in [0.5, 0.6) is 0 Å². The number of piperidine rings is 1. The van der Waals surface area contributed by atoms with Gasteiger partial charge in [-0.2, -0.15) is 13.2 Å². The molecule has 0 radical (unpaired) electrons. The third-order valence-corrected chi connectivity index (χ3v) is 3.32. The third-order valence-electron chi connectivity index (χ3n) is 3.32. The number of anilines is 1. The third kappa shape index (κ3) is 4.17. The molecule has 0 amide bonds. The van der Waals surface area contributed by atoms with E-state index in [-0.39, 0.29) is 25.9 Å². The van der Waals surface area contributed by atoms with Gasteiger partial charge in [0, 0.05) is 37.1 Å². The van der Waals surface area contributed by atoms with Crippen LogP contribution in [0, 0.1) is 5.92 Å². The van der Waals surface area contributed by atoms with Crippen LogP contribution in [-0.2, 0) is 4.79 Å². The molecule has 5 nitrogen and oxygen atoms in total. The molecule has 1 aromatic heterocycles. The number of carbonyl (C=O) groups is 1. The average molecular weight is 301 g/mol. The molecule has 0 atom stereocenters. The number of alkyl halides is 3. The van der Waals surface area contributed by atoms with Crippen molar-refractivity contribution < 1.29 is 23.1 Å². The normalized spacial score (nSPS) is 17.4. The summed E-state index contributed by atoms with van der Waals surface area (Å²) in [7, 11) is 0. The smallest absolute Gasteiger partial charge is 0.391 e. The second-order valence-corrected chi connectivity index (χ2v) is 4.79. The lowest BCUT2D eigenvalue weighted by atomic mass is 9.96. The highest BCUT2D eigenvalue weighted by Crippen LogP contribution is 2.34. The number of hydrogen-bond donors (Lipinski definition) is 1. The molecule has 0 aromatic carbocycles. The van der Waals surface area contributed by atoms with Gasteiger partial charge in [0.15, 0.2) is 0 Å². The predicted molar refractivity (Wildman–Crippen MR) is 69.7 cm³/mol. The number of hydrogen-bond acceptors (Lipinski definition) is 4. The van der Waals surface area contributed by atoms with Gasteiger partial charge < -0.3 is 10.0 Å². The van der Waals surface area contributed by atoms with Gasteiger partial charge in [0.1, 0.15) is 0 Å². The van der Waals surface area contributed by atoms with Gasteiger partial charge in [-0.1, -0.05) is 0 Å². The minimum Gasteiger partial charge on any atom is -0.478 e. The van der Waals surface area contributed by atoms with Gasteiger partial charge in [-0.05, 0) is 18.9 Å². The van der Waals surface area contributed by atoms with Crippen LogP contribution in [0.3, 0.4) is 0 Å². The molecule has 1 aliphatic rings. The second-order valence-electron chi connectivity index (χ2n) is 4.79. The lowest BCUT2D eigenvalue weighted by molar-refractivity contribution is -0.179. The Bertz CT molecular complexity index is 520. The number of aromatic nitrogens is 2. The first-order valence-electron chi connectivity index (χ1n) is 6.41. The van der Waals surface area contributed by atoms with Crippen LogP contribution in [0.2, 0.25) is 0 Å². The lowest BCUT2D eigenvalue weighted by Crippen LogP contribution is -2.39. The topological polar surface area (TPSA) is 66.3 Å². The van der Waals surface area contributed by atoms with Gasteiger partial charge in [0.05, 0.1) is 5.92 Å². The van der Waals surface area contributed by atoms with Crippen molar-refractivity contribution in [2.45, 2.75) is 19.0 Å². The molecular weight excluding hydrogens is 287 g/mol. The molecule has 21 heavy (non-hydrogen) atoms. The summed E-state index contributed by atoms with van der Waals surface area (Å²) in [6.07, 6.45) is 1.13. The minimum atomic E-state index is -4.14. The minimum absolute atomic E-state index is 0.0352. The maximum atomic E-state index is 12.6. The number of carboxylic acids is 1. The summed E-state index contributed by atoms with van der Waals surface area (Å²) in [5.41, 5.74) is 0.520. The highest BCUT2D eigenvalue weighted by molar-refractivity contribution is 5.85. The standard InChI is InChI=1S/C13H14F3N3O2/c14-13(15,16)10-3-5-19(6-4-10)12-17-7-9(8-18-12)1-2-11(20)21/h1-2,7-8,10H,3-6H2,(H,20,21)/b2-1+. The Morgan fingerprint density at radius 1 is 1.29 bits per heavy atom. The zero-order chi connectivity index (χ0) is 15.5. The fraction of sp³-hybridized carbons (Fsp3) is 0.462. The van der Waals surface area contributed by atoms with Crippen LogP contribution in [0.4, 0.5) is 19.1 Å². The number of rotatable bonds is 3. The van der Waals surface area contributed by atoms with Crippen LogP contribution in [0.1, 0.15) is 18.4 Å². The summed E-state index contributed by atoms with van der Waals surface area (Å²) in [6, 6.07) is 0. The Morgan fingerprint density at radius 3 is 2.33 bits per heavy atom. The molecule has 2 rings (SSSR count). The van der Waals surface area contributed by atoms with E-state index in [1.54, 1.807) is 4.90 Å². The molecule has 8 heteroatoms. The van der Waals surface area contributed by atoms with E-state index >= 15 is 0 Å². The van der Waals surface area contributed by atoms with E-state index in [2.05, 4.69) is 9.97 Å². The van der Waals surface area contributed by atoms with Crippen LogP contribution >= 0.6 is 0 Å². The Labute approximate surface area is 119 Å². The summed E-state index contributed by atoms with van der Waals surface area (Å²) in [5.74, 6) is -1.97. The molecule has 0 saturated carbocycles. The van der Waals surface area contributed by atoms with Crippen LogP contribution in [-0.4, -0.2) is 40.3 Å². The highest BCUT2D eigenvalue weighted by atomic mass is 19.4. The number of nitrogens with zero attached hydrogens (tertiary/aromatic N) is 3. The van der Waals surface area contributed by atoms with E-state index in [1.165, 1.54) is 18.5 Å². The summed E-state index contributed by atoms with van der Waals surface area (Å²) in [5, 5.41) is 8.50. The van der Waals surface area contributed by atoms with Gasteiger partial charge in [0.25, 0.3) is 0 Å². The molecule has 1 aromatic rings. The van der Waals surface area contributed by atoms with Crippen molar-refractivity contribution in [1.29, 1.82) is 0 Å². The fourth-order valence-electron chi connectivity index (χ4n) is 2.15. The van der Waals surface area contributed by atoms with E-state index in [1.807, 2.05) is 0 Å². The van der Waals surface area contributed by atoms with Crippen LogP contribution in [0.15, 0.2) is 18.5 Å². The fourth-order valence-corrected chi connectivity index (χ4v) is 2.15. The molecule has 0 bridgehead atoms. The number of carboxylic acid groups (broad SMARTS) is 1. The van der Waals surface area contributed by atoms with Gasteiger partial charge in [-0.25, -0.2) is 14.8 Å². The van der Waals surface area contributed by atoms with Gasteiger partial charge in [-0.3, -0.25) is 0 Å². The number of halogens is 3. The van der Waals surface area contributed by atoms with Gasteiger partial charge >= 0.3 is 12.1 Å². The zero-order valence-electron chi connectivity index (χ0n) is 11.0. The van der Waals surface area contributed by atoms with Crippen molar-refractivity contribution in [2.75, 3.05) is 18.0 Å². The van der Waals surface area contributed by atoms with E-state index in [0.29, 0.717) is 11.5 Å². The highest BCUT2D eigenvalue weighted by Gasteiger charge is 2.41. The van der Waals surface area contributed by atoms with E-state index in [9.17, 15) is 18.0 Å². The van der Waals surface area contributed by atoms with Crippen LogP contribution in [0.25, 0.3) is 6.08 Å². The first kappa shape index (κ1) is 15.3. The summed E-state index contributed by atoms with van der Waals surface area (Å²) in [4.78, 5) is 20.2. The van der Waals surface area contributed by atoms with E-state index < -0.39 is 18.1 Å². The maximum absolute atomic E-state index is 12.6. The first-order chi connectivity index (χ1) is 9.86. The maximum Gasteiger partial charge on any atom is 0.391 e. The monoisotopic (exact) mass is 301 g/mol. The molecule has 0 aliphatic carbocycles. The molecule has 2 heterocycles. The van der Waals surface area contributed by atoms with E-state index in [0.717, 1.165) is 6.08 Å². The first-order valence-corrected chi connectivity index (χ1v) is 6.41. The quantitative estimate of drug-likeness (QED) is 0.868. The van der Waals surface area contributed by atoms with E-state index in [4.69, 9.17) is 5.11 Å². The molecular formula is C13H14F3N3O2. The van der Waals surface area contributed by atoms with Gasteiger partial charge in [-0.15, -0.1) is 0 Å².